The summed E-state index contributed by atoms with van der Waals surface area (Å²) in [4.78, 5) is 17.8. The topological polar surface area (TPSA) is 58.4 Å². The number of pyridine rings is 2. The highest BCUT2D eigenvalue weighted by Crippen LogP contribution is 2.44. The number of thiazole rings is 1. The second-order valence-corrected chi connectivity index (χ2v) is 11.0. The van der Waals surface area contributed by atoms with E-state index in [1.807, 2.05) is 19.2 Å². The average Bonchev–Trinajstić information content (AvgIpc) is 3.38. The molecular formula is C24H28N6S. The first-order valence-corrected chi connectivity index (χ1v) is 11.9. The van der Waals surface area contributed by atoms with Crippen molar-refractivity contribution in [3.8, 4) is 11.3 Å². The van der Waals surface area contributed by atoms with Crippen LogP contribution in [0.4, 0.5) is 5.13 Å². The summed E-state index contributed by atoms with van der Waals surface area (Å²) < 4.78 is 2.06. The van der Waals surface area contributed by atoms with E-state index in [0.717, 1.165) is 50.9 Å². The third-order valence-electron chi connectivity index (χ3n) is 7.17. The van der Waals surface area contributed by atoms with Crippen molar-refractivity contribution in [1.82, 2.24) is 24.7 Å². The Morgan fingerprint density at radius 3 is 2.58 bits per heavy atom. The lowest BCUT2D eigenvalue weighted by Crippen LogP contribution is -2.58. The second-order valence-electron chi connectivity index (χ2n) is 10.0. The summed E-state index contributed by atoms with van der Waals surface area (Å²) in [5, 5.41) is 4.95. The van der Waals surface area contributed by atoms with E-state index in [1.54, 1.807) is 11.3 Å². The number of nitrogens with zero attached hydrogens (tertiary/aromatic N) is 5. The van der Waals surface area contributed by atoms with Gasteiger partial charge in [-0.05, 0) is 70.7 Å². The molecule has 0 aliphatic carbocycles. The van der Waals surface area contributed by atoms with E-state index in [4.69, 9.17) is 9.97 Å². The molecule has 2 bridgehead atoms. The summed E-state index contributed by atoms with van der Waals surface area (Å²) >= 11 is 1.70. The average molecular weight is 433 g/mol. The predicted octanol–water partition coefficient (Wildman–Crippen LogP) is 4.81. The third-order valence-corrected chi connectivity index (χ3v) is 8.22. The lowest BCUT2D eigenvalue weighted by atomic mass is 9.84. The molecule has 1 N–H and O–H groups in total. The van der Waals surface area contributed by atoms with Gasteiger partial charge < -0.3 is 14.6 Å². The molecule has 6 rings (SSSR count). The maximum atomic E-state index is 4.96. The molecule has 6 nitrogen and oxygen atoms in total. The standard InChI is InChI=1S/C24H28N6S/c1-15-13-30-14-16(5-8-20(30)25-15)18-6-7-19-21(26-18)31-22(27-19)29(4)17-11-23(2)9-10-24(3,12-17)28-23/h5-8,13-14,17,28H,9-12H2,1-4H3/t17?,23-,24+. The van der Waals surface area contributed by atoms with Crippen LogP contribution in [0.2, 0.25) is 0 Å². The Hall–Kier alpha value is -2.51. The third kappa shape index (κ3) is 3.22. The van der Waals surface area contributed by atoms with E-state index in [-0.39, 0.29) is 11.1 Å². The molecule has 0 radical (unpaired) electrons. The van der Waals surface area contributed by atoms with Crippen molar-refractivity contribution in [2.24, 2.45) is 0 Å². The van der Waals surface area contributed by atoms with Crippen LogP contribution in [0.5, 0.6) is 0 Å². The summed E-state index contributed by atoms with van der Waals surface area (Å²) in [7, 11) is 2.20. The van der Waals surface area contributed by atoms with E-state index < -0.39 is 0 Å². The number of aromatic nitrogens is 4. The summed E-state index contributed by atoms with van der Waals surface area (Å²) in [6, 6.07) is 8.82. The van der Waals surface area contributed by atoms with Crippen molar-refractivity contribution in [2.45, 2.75) is 63.6 Å². The minimum absolute atomic E-state index is 0.248. The Labute approximate surface area is 186 Å². The number of aryl methyl sites for hydroxylation is 1. The summed E-state index contributed by atoms with van der Waals surface area (Å²) in [5.41, 5.74) is 5.51. The van der Waals surface area contributed by atoms with Gasteiger partial charge in [0.25, 0.3) is 0 Å². The highest BCUT2D eigenvalue weighted by molar-refractivity contribution is 7.21. The van der Waals surface area contributed by atoms with Gasteiger partial charge in [0.15, 0.2) is 5.13 Å². The van der Waals surface area contributed by atoms with Gasteiger partial charge in [0.2, 0.25) is 0 Å². The van der Waals surface area contributed by atoms with E-state index in [9.17, 15) is 0 Å². The van der Waals surface area contributed by atoms with Gasteiger partial charge in [-0.25, -0.2) is 15.0 Å². The highest BCUT2D eigenvalue weighted by Gasteiger charge is 2.49. The number of rotatable bonds is 3. The summed E-state index contributed by atoms with van der Waals surface area (Å²) in [6.07, 6.45) is 9.00. The van der Waals surface area contributed by atoms with Gasteiger partial charge in [0, 0.05) is 42.1 Å². The van der Waals surface area contributed by atoms with Crippen LogP contribution in [0.25, 0.3) is 27.3 Å². The number of piperidine rings is 1. The zero-order chi connectivity index (χ0) is 21.4. The van der Waals surface area contributed by atoms with Gasteiger partial charge in [-0.3, -0.25) is 0 Å². The zero-order valence-corrected chi connectivity index (χ0v) is 19.3. The number of anilines is 1. The molecule has 6 heterocycles. The molecule has 0 spiro atoms. The van der Waals surface area contributed by atoms with Crippen molar-refractivity contribution in [2.75, 3.05) is 11.9 Å². The number of fused-ring (bicyclic) bond motifs is 4. The molecule has 1 unspecified atom stereocenters. The van der Waals surface area contributed by atoms with Crippen LogP contribution in [-0.4, -0.2) is 43.5 Å². The van der Waals surface area contributed by atoms with E-state index in [2.05, 4.69) is 64.9 Å². The van der Waals surface area contributed by atoms with Gasteiger partial charge >= 0.3 is 0 Å². The van der Waals surface area contributed by atoms with Crippen LogP contribution in [0, 0.1) is 6.92 Å². The van der Waals surface area contributed by atoms with Crippen molar-refractivity contribution in [3.63, 3.8) is 0 Å². The van der Waals surface area contributed by atoms with Crippen molar-refractivity contribution in [3.05, 3.63) is 42.4 Å². The minimum atomic E-state index is 0.248. The molecule has 160 valence electrons. The smallest absolute Gasteiger partial charge is 0.187 e. The number of hydrogen-bond acceptors (Lipinski definition) is 6. The van der Waals surface area contributed by atoms with Crippen LogP contribution in [-0.2, 0) is 0 Å². The van der Waals surface area contributed by atoms with Gasteiger partial charge in [0.1, 0.15) is 16.0 Å². The van der Waals surface area contributed by atoms with E-state index >= 15 is 0 Å². The molecule has 0 aromatic carbocycles. The predicted molar refractivity (Wildman–Crippen MR) is 127 cm³/mol. The maximum Gasteiger partial charge on any atom is 0.187 e. The first-order valence-electron chi connectivity index (χ1n) is 11.0. The SMILES string of the molecule is Cc1cn2cc(-c3ccc4nc(N(C)C5C[C@]6(C)CC[C@](C)(C5)N6)sc4n3)ccc2n1. The first-order chi connectivity index (χ1) is 14.8. The Morgan fingerprint density at radius 1 is 1.03 bits per heavy atom. The van der Waals surface area contributed by atoms with E-state index in [1.165, 1.54) is 12.8 Å². The molecule has 4 aromatic rings. The molecule has 2 aliphatic heterocycles. The largest absolute Gasteiger partial charge is 0.348 e. The maximum absolute atomic E-state index is 4.96. The normalized spacial score (nSPS) is 27.9. The number of hydrogen-bond donors (Lipinski definition) is 1. The minimum Gasteiger partial charge on any atom is -0.348 e. The van der Waals surface area contributed by atoms with Crippen molar-refractivity contribution >= 4 is 32.5 Å². The van der Waals surface area contributed by atoms with E-state index in [0.29, 0.717) is 6.04 Å². The fraction of sp³-hybridized carbons (Fsp3) is 0.458. The lowest BCUT2D eigenvalue weighted by Gasteiger charge is -2.45. The van der Waals surface area contributed by atoms with Crippen LogP contribution in [0.15, 0.2) is 36.7 Å². The summed E-state index contributed by atoms with van der Waals surface area (Å²) in [6.45, 7) is 6.77. The molecule has 3 atom stereocenters. The van der Waals surface area contributed by atoms with Crippen molar-refractivity contribution < 1.29 is 0 Å². The molecule has 0 saturated carbocycles. The first kappa shape index (κ1) is 19.2. The number of nitrogens with one attached hydrogen (secondary N) is 1. The molecule has 31 heavy (non-hydrogen) atoms. The molecule has 2 aliphatic rings. The Morgan fingerprint density at radius 2 is 1.81 bits per heavy atom. The second kappa shape index (κ2) is 6.50. The Balaban J connectivity index is 1.32. The monoisotopic (exact) mass is 432 g/mol. The molecule has 2 saturated heterocycles. The molecular weight excluding hydrogens is 404 g/mol. The number of imidazole rings is 1. The Bertz CT molecular complexity index is 1290. The van der Waals surface area contributed by atoms with Crippen LogP contribution in [0.3, 0.4) is 0 Å². The van der Waals surface area contributed by atoms with Crippen LogP contribution in [0.1, 0.15) is 45.2 Å². The van der Waals surface area contributed by atoms with Gasteiger partial charge in [0.05, 0.1) is 11.4 Å². The highest BCUT2D eigenvalue weighted by atomic mass is 32.1. The fourth-order valence-electron chi connectivity index (χ4n) is 5.64. The Kier molecular flexibility index (Phi) is 4.02. The quantitative estimate of drug-likeness (QED) is 0.503. The molecule has 4 aromatic heterocycles. The zero-order valence-electron chi connectivity index (χ0n) is 18.5. The molecule has 0 amide bonds. The van der Waals surface area contributed by atoms with Crippen LogP contribution < -0.4 is 10.2 Å². The van der Waals surface area contributed by atoms with Gasteiger partial charge in [-0.2, -0.15) is 0 Å². The fourth-order valence-corrected chi connectivity index (χ4v) is 6.61. The lowest BCUT2D eigenvalue weighted by molar-refractivity contribution is 0.208. The molecule has 7 heteroatoms. The summed E-state index contributed by atoms with van der Waals surface area (Å²) in [5.74, 6) is 0. The van der Waals surface area contributed by atoms with Gasteiger partial charge in [-0.15, -0.1) is 0 Å². The molecule has 2 fully saturated rings. The van der Waals surface area contributed by atoms with Crippen LogP contribution >= 0.6 is 11.3 Å². The van der Waals surface area contributed by atoms with Gasteiger partial charge in [-0.1, -0.05) is 11.3 Å². The van der Waals surface area contributed by atoms with Crippen molar-refractivity contribution in [1.29, 1.82) is 0 Å².